The molecule has 0 radical (unpaired) electrons. The van der Waals surface area contributed by atoms with E-state index in [0.717, 1.165) is 23.5 Å². The van der Waals surface area contributed by atoms with Crippen molar-refractivity contribution in [2.75, 3.05) is 18.5 Å². The van der Waals surface area contributed by atoms with Crippen LogP contribution in [-0.4, -0.2) is 51.4 Å². The minimum absolute atomic E-state index is 0.0565. The van der Waals surface area contributed by atoms with Crippen molar-refractivity contribution in [1.82, 2.24) is 4.90 Å². The van der Waals surface area contributed by atoms with Crippen molar-refractivity contribution >= 4 is 61.2 Å². The minimum Gasteiger partial charge on any atom is -0.456 e. The number of fused-ring (bicyclic) bond motifs is 5. The van der Waals surface area contributed by atoms with Crippen LogP contribution < -0.4 is 5.32 Å². The summed E-state index contributed by atoms with van der Waals surface area (Å²) in [4.78, 5) is 50.9. The van der Waals surface area contributed by atoms with E-state index in [9.17, 15) is 32.3 Å². The van der Waals surface area contributed by atoms with Crippen molar-refractivity contribution in [3.63, 3.8) is 0 Å². The summed E-state index contributed by atoms with van der Waals surface area (Å²) in [6.07, 6.45) is -4.17. The monoisotopic (exact) mass is 594 g/mol. The summed E-state index contributed by atoms with van der Waals surface area (Å²) < 4.78 is 43.8. The van der Waals surface area contributed by atoms with Crippen molar-refractivity contribution < 1.29 is 37.1 Å². The molecule has 1 N–H and O–H groups in total. The lowest BCUT2D eigenvalue weighted by Gasteiger charge is -2.28. The maximum atomic E-state index is 13.0. The first-order chi connectivity index (χ1) is 15.5. The van der Waals surface area contributed by atoms with Crippen LogP contribution in [0.15, 0.2) is 24.3 Å². The molecule has 1 aromatic rings. The van der Waals surface area contributed by atoms with Crippen molar-refractivity contribution in [3.05, 3.63) is 29.8 Å². The Kier molecular flexibility index (Phi) is 6.60. The Bertz CT molecular complexity index is 972. The first kappa shape index (κ1) is 24.2. The lowest BCUT2D eigenvalue weighted by atomic mass is 9.81. The number of esters is 1. The fourth-order valence-corrected chi connectivity index (χ4v) is 6.95. The molecular formula is C21H19Br2F3N2O5. The second kappa shape index (κ2) is 9.01. The van der Waals surface area contributed by atoms with Crippen molar-refractivity contribution in [2.45, 2.75) is 28.7 Å². The summed E-state index contributed by atoms with van der Waals surface area (Å²) in [6.45, 7) is -0.958. The van der Waals surface area contributed by atoms with E-state index in [2.05, 4.69) is 37.2 Å². The molecule has 33 heavy (non-hydrogen) atoms. The third kappa shape index (κ3) is 4.43. The summed E-state index contributed by atoms with van der Waals surface area (Å²) in [6, 6.07) is 4.43. The molecular weight excluding hydrogens is 577 g/mol. The first-order valence-corrected chi connectivity index (χ1v) is 12.1. The van der Waals surface area contributed by atoms with Crippen molar-refractivity contribution in [1.29, 1.82) is 0 Å². The molecule has 3 aliphatic rings. The van der Waals surface area contributed by atoms with Crippen LogP contribution in [-0.2, 0) is 30.1 Å². The van der Waals surface area contributed by atoms with Gasteiger partial charge in [-0.1, -0.05) is 44.0 Å². The van der Waals surface area contributed by atoms with Crippen LogP contribution in [0.3, 0.4) is 0 Å². The Hall–Kier alpha value is -1.95. The maximum Gasteiger partial charge on any atom is 0.418 e. The van der Waals surface area contributed by atoms with Gasteiger partial charge >= 0.3 is 12.1 Å². The molecule has 2 bridgehead atoms. The summed E-state index contributed by atoms with van der Waals surface area (Å²) >= 11 is 7.19. The average molecular weight is 596 g/mol. The molecule has 1 saturated heterocycles. The first-order valence-electron chi connectivity index (χ1n) is 10.3. The lowest BCUT2D eigenvalue weighted by Crippen LogP contribution is -2.37. The van der Waals surface area contributed by atoms with Crippen LogP contribution in [0.4, 0.5) is 18.9 Å². The highest BCUT2D eigenvalue weighted by Crippen LogP contribution is 2.60. The number of rotatable bonds is 6. The predicted octanol–water partition coefficient (Wildman–Crippen LogP) is 3.36. The molecule has 0 unspecified atom stereocenters. The molecule has 1 heterocycles. The van der Waals surface area contributed by atoms with Gasteiger partial charge in [-0.05, 0) is 30.4 Å². The molecule has 2 aliphatic carbocycles. The predicted molar refractivity (Wildman–Crippen MR) is 116 cm³/mol. The Morgan fingerprint density at radius 3 is 2.21 bits per heavy atom. The fraction of sp³-hybridized carbons (Fsp3) is 0.524. The maximum absolute atomic E-state index is 13.0. The Balaban J connectivity index is 1.27. The average Bonchev–Trinajstić information content (AvgIpc) is 3.35. The number of carbonyl (C=O) groups excluding carboxylic acids is 4. The van der Waals surface area contributed by atoms with E-state index in [0.29, 0.717) is 0 Å². The van der Waals surface area contributed by atoms with Crippen LogP contribution in [0.2, 0.25) is 0 Å². The third-order valence-corrected chi connectivity index (χ3v) is 9.70. The number of amides is 3. The lowest BCUT2D eigenvalue weighted by molar-refractivity contribution is -0.149. The summed E-state index contributed by atoms with van der Waals surface area (Å²) in [5, 5.41) is 2.07. The van der Waals surface area contributed by atoms with Crippen LogP contribution in [0.5, 0.6) is 0 Å². The number of anilines is 1. The zero-order chi connectivity index (χ0) is 24.1. The summed E-state index contributed by atoms with van der Waals surface area (Å²) in [7, 11) is 0. The molecule has 6 atom stereocenters. The number of imide groups is 1. The van der Waals surface area contributed by atoms with Crippen molar-refractivity contribution in [2.24, 2.45) is 23.7 Å². The minimum atomic E-state index is -4.66. The second-order valence-corrected chi connectivity index (χ2v) is 10.4. The number of para-hydroxylation sites is 1. The van der Waals surface area contributed by atoms with Gasteiger partial charge in [0, 0.05) is 16.2 Å². The zero-order valence-corrected chi connectivity index (χ0v) is 20.2. The highest BCUT2D eigenvalue weighted by atomic mass is 79.9. The number of nitrogens with zero attached hydrogens (tertiary/aromatic N) is 1. The molecule has 4 rings (SSSR count). The van der Waals surface area contributed by atoms with E-state index in [1.165, 1.54) is 12.1 Å². The molecule has 1 aliphatic heterocycles. The smallest absolute Gasteiger partial charge is 0.418 e. The molecule has 12 heteroatoms. The largest absolute Gasteiger partial charge is 0.456 e. The highest BCUT2D eigenvalue weighted by Gasteiger charge is 2.66. The molecule has 0 aromatic heterocycles. The van der Waals surface area contributed by atoms with E-state index in [1.54, 1.807) is 0 Å². The molecule has 1 aromatic carbocycles. The number of nitrogens with one attached hydrogen (secondary N) is 1. The standard InChI is InChI=1S/C21H19Br2F3N2O5/c22-17-9-7-10(18(17)23)16-15(9)19(31)28(20(16)32)6-5-14(30)33-8-13(29)27-12-4-2-1-3-11(12)21(24,25)26/h1-4,9-10,15-18H,5-8H2,(H,27,29)/t9-,10-,15-,16+,17+,18+/m1/s1. The van der Waals surface area contributed by atoms with Crippen LogP contribution in [0, 0.1) is 23.7 Å². The van der Waals surface area contributed by atoms with Crippen LogP contribution in [0.1, 0.15) is 18.4 Å². The van der Waals surface area contributed by atoms with E-state index in [1.807, 2.05) is 0 Å². The van der Waals surface area contributed by atoms with Crippen molar-refractivity contribution in [3.8, 4) is 0 Å². The zero-order valence-electron chi connectivity index (χ0n) is 17.0. The fourth-order valence-electron chi connectivity index (χ4n) is 5.08. The Morgan fingerprint density at radius 2 is 1.64 bits per heavy atom. The Morgan fingerprint density at radius 1 is 1.06 bits per heavy atom. The number of ether oxygens (including phenoxy) is 1. The number of carbonyl (C=O) groups is 4. The normalized spacial score (nSPS) is 30.5. The quantitative estimate of drug-likeness (QED) is 0.309. The van der Waals surface area contributed by atoms with E-state index in [-0.39, 0.29) is 46.3 Å². The summed E-state index contributed by atoms with van der Waals surface area (Å²) in [5.41, 5.74) is -1.47. The van der Waals surface area contributed by atoms with Gasteiger partial charge in [0.15, 0.2) is 6.61 Å². The molecule has 3 fully saturated rings. The Labute approximate surface area is 203 Å². The van der Waals surface area contributed by atoms with Gasteiger partial charge in [0.2, 0.25) is 11.8 Å². The van der Waals surface area contributed by atoms with Gasteiger partial charge in [-0.2, -0.15) is 13.2 Å². The van der Waals surface area contributed by atoms with E-state index in [4.69, 9.17) is 4.74 Å². The number of hydrogen-bond donors (Lipinski definition) is 1. The number of benzene rings is 1. The second-order valence-electron chi connectivity index (χ2n) is 8.33. The number of halogens is 5. The molecule has 3 amide bonds. The summed E-state index contributed by atoms with van der Waals surface area (Å²) in [5.74, 6) is -3.04. The van der Waals surface area contributed by atoms with Gasteiger partial charge in [0.05, 0.1) is 29.5 Å². The topological polar surface area (TPSA) is 92.8 Å². The van der Waals surface area contributed by atoms with Gasteiger partial charge in [0.25, 0.3) is 5.91 Å². The molecule has 0 spiro atoms. The van der Waals surface area contributed by atoms with E-state index >= 15 is 0 Å². The van der Waals surface area contributed by atoms with Gasteiger partial charge < -0.3 is 10.1 Å². The molecule has 7 nitrogen and oxygen atoms in total. The SMILES string of the molecule is O=C(COC(=O)CCN1C(=O)[C@@H]2[C@H]3C[C@@H]([C@H](Br)[C@H]3Br)[C@@H]2C1=O)Nc1ccccc1C(F)(F)F. The van der Waals surface area contributed by atoms with Gasteiger partial charge in [-0.3, -0.25) is 24.1 Å². The van der Waals surface area contributed by atoms with Gasteiger partial charge in [0.1, 0.15) is 0 Å². The third-order valence-electron chi connectivity index (χ3n) is 6.49. The number of alkyl halides is 5. The molecule has 178 valence electrons. The van der Waals surface area contributed by atoms with Crippen LogP contribution >= 0.6 is 31.9 Å². The van der Waals surface area contributed by atoms with E-state index < -0.39 is 47.7 Å². The molecule has 2 saturated carbocycles. The van der Waals surface area contributed by atoms with Crippen LogP contribution in [0.25, 0.3) is 0 Å². The number of hydrogen-bond acceptors (Lipinski definition) is 5. The number of likely N-dealkylation sites (tertiary alicyclic amines) is 1. The van der Waals surface area contributed by atoms with Gasteiger partial charge in [-0.25, -0.2) is 0 Å². The highest BCUT2D eigenvalue weighted by molar-refractivity contribution is 9.12. The van der Waals surface area contributed by atoms with Gasteiger partial charge in [-0.15, -0.1) is 0 Å².